The molecule has 5 heterocycles. The first-order valence-corrected chi connectivity index (χ1v) is 14.1. The van der Waals surface area contributed by atoms with E-state index in [2.05, 4.69) is 20.8 Å². The van der Waals surface area contributed by atoms with Crippen LogP contribution >= 0.6 is 11.3 Å². The Kier molecular flexibility index (Phi) is 7.27. The van der Waals surface area contributed by atoms with Crippen LogP contribution in [-0.2, 0) is 15.9 Å². The van der Waals surface area contributed by atoms with Crippen LogP contribution in [0.1, 0.15) is 43.3 Å². The smallest absolute Gasteiger partial charge is 0.410 e. The van der Waals surface area contributed by atoms with Gasteiger partial charge in [0.15, 0.2) is 5.13 Å². The van der Waals surface area contributed by atoms with Gasteiger partial charge in [-0.15, -0.1) is 0 Å². The number of halogens is 1. The second kappa shape index (κ2) is 11.0. The largest absolute Gasteiger partial charge is 0.447 e. The Hall–Kier alpha value is -3.78. The standard InChI is InChI=1S/C26H30FN7O5S/c1-14(2)38-26(36)33-12-18-11-19-21(40-24(29-19)31-23(35)28-17-7-9-37-10-8-17)20(13-33)34(18)25-30-22(32-39-25)15-3-5-16(27)6-4-15/h3-6,14,17-18,20H,7-13H2,1-2H3,(H2,28,29,31,35). The van der Waals surface area contributed by atoms with E-state index in [4.69, 9.17) is 19.0 Å². The SMILES string of the molecule is CC(C)OC(=O)N1CC2Cc3nc(NC(=O)NC4CCOCC4)sc3C(C1)N2c1nc(-c2ccc(F)cc2)no1. The number of hydrogen-bond donors (Lipinski definition) is 2. The van der Waals surface area contributed by atoms with Crippen molar-refractivity contribution in [1.82, 2.24) is 25.3 Å². The van der Waals surface area contributed by atoms with Gasteiger partial charge in [0.1, 0.15) is 5.82 Å². The molecule has 3 aliphatic rings. The topological polar surface area (TPSA) is 135 Å². The molecule has 12 nitrogen and oxygen atoms in total. The molecule has 40 heavy (non-hydrogen) atoms. The molecule has 3 amide bonds. The molecule has 2 saturated heterocycles. The molecular weight excluding hydrogens is 541 g/mol. The third-order valence-electron chi connectivity index (χ3n) is 7.12. The van der Waals surface area contributed by atoms with E-state index >= 15 is 0 Å². The van der Waals surface area contributed by atoms with Crippen LogP contribution in [0.3, 0.4) is 0 Å². The van der Waals surface area contributed by atoms with E-state index in [0.29, 0.717) is 55.3 Å². The Morgan fingerprint density at radius 3 is 2.67 bits per heavy atom. The minimum Gasteiger partial charge on any atom is -0.447 e. The zero-order valence-corrected chi connectivity index (χ0v) is 22.9. The van der Waals surface area contributed by atoms with E-state index in [-0.39, 0.29) is 42.2 Å². The molecule has 14 heteroatoms. The van der Waals surface area contributed by atoms with Crippen molar-refractivity contribution < 1.29 is 28.0 Å². The number of urea groups is 1. The van der Waals surface area contributed by atoms with Crippen LogP contribution in [0.25, 0.3) is 11.4 Å². The predicted octanol–water partition coefficient (Wildman–Crippen LogP) is 3.97. The molecular formula is C26H30FN7O5S. The van der Waals surface area contributed by atoms with Crippen LogP contribution in [0.4, 0.5) is 25.1 Å². The van der Waals surface area contributed by atoms with Crippen LogP contribution in [-0.4, -0.2) is 76.6 Å². The molecule has 1 aromatic carbocycles. The van der Waals surface area contributed by atoms with Gasteiger partial charge in [-0.3, -0.25) is 5.32 Å². The number of anilines is 2. The van der Waals surface area contributed by atoms with Crippen molar-refractivity contribution in [1.29, 1.82) is 0 Å². The molecule has 0 radical (unpaired) electrons. The number of carbonyl (C=O) groups is 2. The summed E-state index contributed by atoms with van der Waals surface area (Å²) in [4.78, 5) is 39.5. The van der Waals surface area contributed by atoms with Crippen molar-refractivity contribution in [3.05, 3.63) is 40.7 Å². The van der Waals surface area contributed by atoms with Crippen molar-refractivity contribution in [2.24, 2.45) is 0 Å². The minimum atomic E-state index is -0.385. The Morgan fingerprint density at radius 1 is 1.15 bits per heavy atom. The summed E-state index contributed by atoms with van der Waals surface area (Å²) >= 11 is 1.37. The van der Waals surface area contributed by atoms with Crippen molar-refractivity contribution in [2.75, 3.05) is 36.5 Å². The minimum absolute atomic E-state index is 0.0615. The summed E-state index contributed by atoms with van der Waals surface area (Å²) in [5, 5.41) is 10.5. The maximum Gasteiger partial charge on any atom is 0.410 e. The summed E-state index contributed by atoms with van der Waals surface area (Å²) in [5.74, 6) is -0.0126. The number of carbonyl (C=O) groups excluding carboxylic acids is 2. The van der Waals surface area contributed by atoms with E-state index in [1.165, 1.54) is 23.5 Å². The van der Waals surface area contributed by atoms with E-state index in [9.17, 15) is 14.0 Å². The van der Waals surface area contributed by atoms with Gasteiger partial charge in [-0.1, -0.05) is 16.5 Å². The molecule has 2 aromatic heterocycles. The first kappa shape index (κ1) is 26.4. The highest BCUT2D eigenvalue weighted by Crippen LogP contribution is 2.44. The summed E-state index contributed by atoms with van der Waals surface area (Å²) < 4.78 is 30.0. The molecule has 2 fully saturated rings. The third-order valence-corrected chi connectivity index (χ3v) is 8.24. The number of benzene rings is 1. The van der Waals surface area contributed by atoms with Gasteiger partial charge < -0.3 is 29.1 Å². The fraction of sp³-hybridized carbons (Fsp3) is 0.500. The quantitative estimate of drug-likeness (QED) is 0.466. The van der Waals surface area contributed by atoms with Gasteiger partial charge in [0.2, 0.25) is 5.82 Å². The predicted molar refractivity (Wildman–Crippen MR) is 144 cm³/mol. The average molecular weight is 572 g/mol. The lowest BCUT2D eigenvalue weighted by Crippen LogP contribution is -2.59. The Bertz CT molecular complexity index is 1370. The van der Waals surface area contributed by atoms with Crippen LogP contribution < -0.4 is 15.5 Å². The third kappa shape index (κ3) is 5.45. The lowest BCUT2D eigenvalue weighted by molar-refractivity contribution is 0.0629. The Labute approximate surface area is 233 Å². The molecule has 2 N–H and O–H groups in total. The van der Waals surface area contributed by atoms with E-state index in [1.54, 1.807) is 17.0 Å². The molecule has 212 valence electrons. The molecule has 3 aliphatic heterocycles. The second-order valence-electron chi connectivity index (χ2n) is 10.3. The highest BCUT2D eigenvalue weighted by molar-refractivity contribution is 7.16. The lowest BCUT2D eigenvalue weighted by Gasteiger charge is -2.47. The summed E-state index contributed by atoms with van der Waals surface area (Å²) in [6.45, 7) is 5.58. The van der Waals surface area contributed by atoms with Gasteiger partial charge in [0.05, 0.1) is 28.8 Å². The maximum absolute atomic E-state index is 13.4. The van der Waals surface area contributed by atoms with Crippen LogP contribution in [0.2, 0.25) is 0 Å². The fourth-order valence-corrected chi connectivity index (χ4v) is 6.38. The number of rotatable bonds is 5. The van der Waals surface area contributed by atoms with Gasteiger partial charge in [0.25, 0.3) is 0 Å². The van der Waals surface area contributed by atoms with Crippen molar-refractivity contribution >= 4 is 34.6 Å². The summed E-state index contributed by atoms with van der Waals surface area (Å²) in [7, 11) is 0. The van der Waals surface area contributed by atoms with Gasteiger partial charge in [-0.05, 0) is 51.0 Å². The van der Waals surface area contributed by atoms with Crippen LogP contribution in [0, 0.1) is 5.82 Å². The van der Waals surface area contributed by atoms with E-state index < -0.39 is 0 Å². The number of aromatic nitrogens is 3. The first-order chi connectivity index (χ1) is 19.3. The average Bonchev–Trinajstić information content (AvgIpc) is 3.56. The number of fused-ring (bicyclic) bond motifs is 4. The Morgan fingerprint density at radius 2 is 1.93 bits per heavy atom. The first-order valence-electron chi connectivity index (χ1n) is 13.3. The van der Waals surface area contributed by atoms with Gasteiger partial charge in [-0.25, -0.2) is 19.0 Å². The number of thiazole rings is 1. The van der Waals surface area contributed by atoms with Gasteiger partial charge in [-0.2, -0.15) is 4.98 Å². The van der Waals surface area contributed by atoms with Crippen molar-refractivity contribution in [2.45, 2.75) is 57.3 Å². The Balaban J connectivity index is 1.26. The number of piperazine rings is 1. The molecule has 0 spiro atoms. The second-order valence-corrected chi connectivity index (χ2v) is 11.4. The molecule has 2 bridgehead atoms. The number of nitrogens with zero attached hydrogens (tertiary/aromatic N) is 5. The van der Waals surface area contributed by atoms with Crippen LogP contribution in [0.5, 0.6) is 0 Å². The molecule has 2 atom stereocenters. The summed E-state index contributed by atoms with van der Waals surface area (Å²) in [5.41, 5.74) is 1.49. The summed E-state index contributed by atoms with van der Waals surface area (Å²) in [6, 6.07) is 5.38. The maximum atomic E-state index is 13.4. The van der Waals surface area contributed by atoms with Crippen molar-refractivity contribution in [3.63, 3.8) is 0 Å². The summed E-state index contributed by atoms with van der Waals surface area (Å²) in [6.07, 6.45) is 1.42. The number of hydrogen-bond acceptors (Lipinski definition) is 10. The normalized spacial score (nSPS) is 20.8. The number of nitrogens with one attached hydrogen (secondary N) is 2. The molecule has 2 unspecified atom stereocenters. The molecule has 0 saturated carbocycles. The fourth-order valence-electron chi connectivity index (χ4n) is 5.30. The zero-order chi connectivity index (χ0) is 27.8. The van der Waals surface area contributed by atoms with Crippen LogP contribution in [0.15, 0.2) is 28.8 Å². The van der Waals surface area contributed by atoms with Gasteiger partial charge >= 0.3 is 18.1 Å². The molecule has 3 aromatic rings. The highest BCUT2D eigenvalue weighted by atomic mass is 32.1. The van der Waals surface area contributed by atoms with E-state index in [0.717, 1.165) is 23.4 Å². The monoisotopic (exact) mass is 571 g/mol. The molecule has 0 aliphatic carbocycles. The van der Waals surface area contributed by atoms with Gasteiger partial charge in [0, 0.05) is 44.3 Å². The highest BCUT2D eigenvalue weighted by Gasteiger charge is 2.46. The number of ether oxygens (including phenoxy) is 2. The molecule has 6 rings (SSSR count). The van der Waals surface area contributed by atoms with E-state index in [1.807, 2.05) is 18.7 Å². The van der Waals surface area contributed by atoms with Crippen molar-refractivity contribution in [3.8, 4) is 11.4 Å². The lowest BCUT2D eigenvalue weighted by atomic mass is 9.94. The zero-order valence-electron chi connectivity index (χ0n) is 22.1. The number of amides is 3.